The van der Waals surface area contributed by atoms with Crippen molar-refractivity contribution < 1.29 is 23.4 Å². The fraction of sp³-hybridized carbons (Fsp3) is 0.750. The van der Waals surface area contributed by atoms with E-state index in [2.05, 4.69) is 51.3 Å². The number of nitrogens with one attached hydrogen (secondary N) is 1. The van der Waals surface area contributed by atoms with Crippen molar-refractivity contribution >= 4 is 14.4 Å². The zero-order valence-electron chi connectivity index (χ0n) is 23.3. The van der Waals surface area contributed by atoms with Crippen LogP contribution in [-0.4, -0.2) is 51.5 Å². The maximum atomic E-state index is 12.4. The lowest BCUT2D eigenvalue weighted by Crippen LogP contribution is -2.45. The summed E-state index contributed by atoms with van der Waals surface area (Å²) in [5.74, 6) is 0. The monoisotopic (exact) mass is 507 g/mol. The zero-order chi connectivity index (χ0) is 26.1. The largest absolute Gasteiger partial charge is 0.444 e. The Morgan fingerprint density at radius 3 is 2.09 bits per heavy atom. The third kappa shape index (κ3) is 11.5. The quantitative estimate of drug-likeness (QED) is 0.332. The van der Waals surface area contributed by atoms with E-state index in [0.29, 0.717) is 26.2 Å². The molecular formula is C28H49NO5Si. The number of amides is 1. The lowest BCUT2D eigenvalue weighted by atomic mass is 9.95. The maximum absolute atomic E-state index is 12.4. The van der Waals surface area contributed by atoms with Crippen molar-refractivity contribution in [1.82, 2.24) is 5.32 Å². The first kappa shape index (κ1) is 29.8. The summed E-state index contributed by atoms with van der Waals surface area (Å²) in [5.41, 5.74) is 0.674. The van der Waals surface area contributed by atoms with Crippen LogP contribution in [0.1, 0.15) is 79.2 Å². The van der Waals surface area contributed by atoms with E-state index < -0.39 is 20.0 Å². The van der Waals surface area contributed by atoms with Crippen molar-refractivity contribution in [1.29, 1.82) is 0 Å². The molecule has 7 heteroatoms. The SMILES string of the molecule is CC(C)(C)OC(=O)N[C@@H](CCO[Si](C)(C)C(C)(C)C)CO[C@H]1CC[C@H](OCc2ccccc2)CC1. The third-order valence-corrected chi connectivity index (χ3v) is 11.5. The first-order valence-electron chi connectivity index (χ1n) is 13.2. The molecule has 1 fully saturated rings. The lowest BCUT2D eigenvalue weighted by Gasteiger charge is -2.36. The van der Waals surface area contributed by atoms with E-state index in [9.17, 15) is 4.79 Å². The van der Waals surface area contributed by atoms with Crippen LogP contribution in [0.15, 0.2) is 30.3 Å². The molecule has 1 atom stereocenters. The highest BCUT2D eigenvalue weighted by Gasteiger charge is 2.37. The van der Waals surface area contributed by atoms with Gasteiger partial charge in [0.1, 0.15) is 5.60 Å². The normalized spacial score (nSPS) is 20.3. The van der Waals surface area contributed by atoms with E-state index in [4.69, 9.17) is 18.6 Å². The van der Waals surface area contributed by atoms with Crippen LogP contribution in [0.5, 0.6) is 0 Å². The molecule has 0 aromatic heterocycles. The summed E-state index contributed by atoms with van der Waals surface area (Å²) in [5, 5.41) is 3.16. The summed E-state index contributed by atoms with van der Waals surface area (Å²) >= 11 is 0. The zero-order valence-corrected chi connectivity index (χ0v) is 24.3. The van der Waals surface area contributed by atoms with Crippen LogP contribution in [0.4, 0.5) is 4.79 Å². The average molecular weight is 508 g/mol. The highest BCUT2D eigenvalue weighted by atomic mass is 28.4. The smallest absolute Gasteiger partial charge is 0.407 e. The van der Waals surface area contributed by atoms with E-state index >= 15 is 0 Å². The Morgan fingerprint density at radius 2 is 1.54 bits per heavy atom. The Kier molecular flexibility index (Phi) is 11.3. The molecule has 6 nitrogen and oxygen atoms in total. The van der Waals surface area contributed by atoms with Gasteiger partial charge in [0, 0.05) is 6.61 Å². The van der Waals surface area contributed by atoms with Crippen molar-refractivity contribution in [2.24, 2.45) is 0 Å². The van der Waals surface area contributed by atoms with Gasteiger partial charge in [-0.25, -0.2) is 4.79 Å². The number of hydrogen-bond donors (Lipinski definition) is 1. The van der Waals surface area contributed by atoms with Crippen molar-refractivity contribution in [2.45, 2.75) is 122 Å². The molecule has 0 heterocycles. The summed E-state index contributed by atoms with van der Waals surface area (Å²) in [6.45, 7) is 18.5. The van der Waals surface area contributed by atoms with Gasteiger partial charge in [-0.05, 0) is 76.6 Å². The molecule has 1 N–H and O–H groups in total. The van der Waals surface area contributed by atoms with Crippen molar-refractivity contribution in [3.8, 4) is 0 Å². The third-order valence-electron chi connectivity index (χ3n) is 6.94. The van der Waals surface area contributed by atoms with Gasteiger partial charge in [-0.2, -0.15) is 0 Å². The van der Waals surface area contributed by atoms with Gasteiger partial charge in [-0.3, -0.25) is 0 Å². The number of ether oxygens (including phenoxy) is 3. The van der Waals surface area contributed by atoms with Gasteiger partial charge in [-0.15, -0.1) is 0 Å². The van der Waals surface area contributed by atoms with Crippen LogP contribution < -0.4 is 5.32 Å². The minimum atomic E-state index is -1.84. The van der Waals surface area contributed by atoms with Gasteiger partial charge >= 0.3 is 6.09 Å². The molecule has 2 rings (SSSR count). The fourth-order valence-corrected chi connectivity index (χ4v) is 4.81. The molecular weight excluding hydrogens is 458 g/mol. The van der Waals surface area contributed by atoms with Gasteiger partial charge in [0.25, 0.3) is 0 Å². The van der Waals surface area contributed by atoms with Crippen LogP contribution in [0.3, 0.4) is 0 Å². The summed E-state index contributed by atoms with van der Waals surface area (Å²) in [4.78, 5) is 12.4. The lowest BCUT2D eigenvalue weighted by molar-refractivity contribution is -0.0426. The predicted molar refractivity (Wildman–Crippen MR) is 144 cm³/mol. The second-order valence-electron chi connectivity index (χ2n) is 12.3. The van der Waals surface area contributed by atoms with Crippen molar-refractivity contribution in [2.75, 3.05) is 13.2 Å². The average Bonchev–Trinajstić information content (AvgIpc) is 2.75. The molecule has 1 aliphatic carbocycles. The highest BCUT2D eigenvalue weighted by Crippen LogP contribution is 2.36. The Hall–Kier alpha value is -1.41. The molecule has 1 amide bonds. The van der Waals surface area contributed by atoms with Gasteiger partial charge in [0.15, 0.2) is 8.32 Å². The van der Waals surface area contributed by atoms with Gasteiger partial charge in [0.05, 0.1) is 31.5 Å². The van der Waals surface area contributed by atoms with E-state index in [1.807, 2.05) is 39.0 Å². The molecule has 0 unspecified atom stereocenters. The number of carbonyl (C=O) groups excluding carboxylic acids is 1. The Morgan fingerprint density at radius 1 is 0.971 bits per heavy atom. The van der Waals surface area contributed by atoms with Gasteiger partial charge in [0.2, 0.25) is 0 Å². The molecule has 0 aliphatic heterocycles. The standard InChI is InChI=1S/C28H49NO5Si/c1-27(2,3)34-26(30)29-23(18-19-33-35(7,8)28(4,5)6)21-32-25-16-14-24(15-17-25)31-20-22-12-10-9-11-13-22/h9-13,23-25H,14-21H2,1-8H3,(H,29,30)/t23-,24-,25-/m0/s1. The van der Waals surface area contributed by atoms with E-state index in [-0.39, 0.29) is 23.3 Å². The Balaban J connectivity index is 1.80. The number of hydrogen-bond acceptors (Lipinski definition) is 5. The van der Waals surface area contributed by atoms with Crippen LogP contribution in [0.25, 0.3) is 0 Å². The Bertz CT molecular complexity index is 749. The molecule has 1 aromatic carbocycles. The number of rotatable bonds is 11. The number of alkyl carbamates (subject to hydrolysis) is 1. The summed E-state index contributed by atoms with van der Waals surface area (Å²) in [6.07, 6.45) is 4.70. The highest BCUT2D eigenvalue weighted by molar-refractivity contribution is 6.74. The number of carbonyl (C=O) groups is 1. The van der Waals surface area contributed by atoms with E-state index in [1.54, 1.807) is 0 Å². The summed E-state index contributed by atoms with van der Waals surface area (Å²) in [7, 11) is -1.84. The Labute approximate surface area is 214 Å². The number of benzene rings is 1. The molecule has 0 radical (unpaired) electrons. The van der Waals surface area contributed by atoms with Gasteiger partial charge < -0.3 is 24.0 Å². The molecule has 1 saturated carbocycles. The first-order chi connectivity index (χ1) is 16.2. The second kappa shape index (κ2) is 13.2. The molecule has 200 valence electrons. The topological polar surface area (TPSA) is 66.0 Å². The van der Waals surface area contributed by atoms with E-state index in [1.165, 1.54) is 5.56 Å². The van der Waals surface area contributed by atoms with Crippen molar-refractivity contribution in [3.63, 3.8) is 0 Å². The summed E-state index contributed by atoms with van der Waals surface area (Å²) < 4.78 is 24.2. The van der Waals surface area contributed by atoms with Gasteiger partial charge in [-0.1, -0.05) is 51.1 Å². The minimum Gasteiger partial charge on any atom is -0.444 e. The van der Waals surface area contributed by atoms with Crippen LogP contribution >= 0.6 is 0 Å². The second-order valence-corrected chi connectivity index (χ2v) is 17.1. The maximum Gasteiger partial charge on any atom is 0.407 e. The van der Waals surface area contributed by atoms with Crippen LogP contribution in [0.2, 0.25) is 18.1 Å². The molecule has 0 saturated heterocycles. The minimum absolute atomic E-state index is 0.151. The molecule has 1 aromatic rings. The summed E-state index contributed by atoms with van der Waals surface area (Å²) in [6, 6.07) is 10.2. The van der Waals surface area contributed by atoms with Crippen LogP contribution in [-0.2, 0) is 25.2 Å². The predicted octanol–water partition coefficient (Wildman–Crippen LogP) is 6.84. The fourth-order valence-electron chi connectivity index (χ4n) is 3.75. The first-order valence-corrected chi connectivity index (χ1v) is 16.1. The molecule has 0 bridgehead atoms. The molecule has 0 spiro atoms. The van der Waals surface area contributed by atoms with E-state index in [0.717, 1.165) is 25.7 Å². The van der Waals surface area contributed by atoms with Crippen molar-refractivity contribution in [3.05, 3.63) is 35.9 Å². The van der Waals surface area contributed by atoms with Crippen LogP contribution in [0, 0.1) is 0 Å². The molecule has 35 heavy (non-hydrogen) atoms. The molecule has 1 aliphatic rings.